The van der Waals surface area contributed by atoms with E-state index in [2.05, 4.69) is 26.1 Å². The molecule has 0 aliphatic heterocycles. The highest BCUT2D eigenvalue weighted by Crippen LogP contribution is 2.11. The van der Waals surface area contributed by atoms with E-state index >= 15 is 0 Å². The second-order valence-electron chi connectivity index (χ2n) is 1.69. The van der Waals surface area contributed by atoms with E-state index in [9.17, 15) is 0 Å². The molecule has 8 heavy (non-hydrogen) atoms. The summed E-state index contributed by atoms with van der Waals surface area (Å²) < 4.78 is 0. The van der Waals surface area contributed by atoms with Crippen LogP contribution < -0.4 is 0 Å². The molecule has 0 amide bonds. The number of hydrogen-bond acceptors (Lipinski definition) is 1. The highest BCUT2D eigenvalue weighted by Gasteiger charge is 1.86. The van der Waals surface area contributed by atoms with E-state index < -0.39 is 0 Å². The standard InChI is InChI=1S/C7H12S/c1-4-6(3)7(8)5-2/h4,8H,1,5H2,2-3H3/b7-6+. The van der Waals surface area contributed by atoms with Crippen LogP contribution in [-0.2, 0) is 0 Å². The normalized spacial score (nSPS) is 12.9. The van der Waals surface area contributed by atoms with Crippen molar-refractivity contribution in [1.29, 1.82) is 0 Å². The van der Waals surface area contributed by atoms with Gasteiger partial charge in [-0.15, -0.1) is 12.6 Å². The van der Waals surface area contributed by atoms with Crippen molar-refractivity contribution in [2.75, 3.05) is 0 Å². The fourth-order valence-corrected chi connectivity index (χ4v) is 0.488. The summed E-state index contributed by atoms with van der Waals surface area (Å²) in [7, 11) is 0. The van der Waals surface area contributed by atoms with Crippen LogP contribution in [-0.4, -0.2) is 0 Å². The summed E-state index contributed by atoms with van der Waals surface area (Å²) in [6.07, 6.45) is 2.83. The first-order valence-corrected chi connectivity index (χ1v) is 3.18. The minimum absolute atomic E-state index is 1.00. The Bertz CT molecular complexity index is 112. The summed E-state index contributed by atoms with van der Waals surface area (Å²) in [5.74, 6) is 0. The van der Waals surface area contributed by atoms with Gasteiger partial charge in [-0.05, 0) is 23.8 Å². The maximum Gasteiger partial charge on any atom is -0.0158 e. The van der Waals surface area contributed by atoms with Crippen molar-refractivity contribution >= 4 is 12.6 Å². The Hall–Kier alpha value is -0.170. The molecule has 0 unspecified atom stereocenters. The van der Waals surface area contributed by atoms with Crippen LogP contribution in [0.1, 0.15) is 20.3 Å². The van der Waals surface area contributed by atoms with E-state index in [-0.39, 0.29) is 0 Å². The van der Waals surface area contributed by atoms with Gasteiger partial charge in [-0.3, -0.25) is 0 Å². The molecule has 0 bridgehead atoms. The van der Waals surface area contributed by atoms with Gasteiger partial charge < -0.3 is 0 Å². The Balaban J connectivity index is 4.03. The van der Waals surface area contributed by atoms with E-state index in [0.29, 0.717) is 0 Å². The van der Waals surface area contributed by atoms with Crippen LogP contribution in [0.3, 0.4) is 0 Å². The molecule has 0 aromatic heterocycles. The molecular weight excluding hydrogens is 116 g/mol. The van der Waals surface area contributed by atoms with Crippen LogP contribution in [0.15, 0.2) is 23.1 Å². The number of thiol groups is 1. The lowest BCUT2D eigenvalue weighted by atomic mass is 10.2. The smallest absolute Gasteiger partial charge is 0.0158 e. The molecule has 46 valence electrons. The van der Waals surface area contributed by atoms with E-state index in [1.807, 2.05) is 13.0 Å². The molecule has 0 aliphatic carbocycles. The molecule has 0 atom stereocenters. The molecule has 0 spiro atoms. The monoisotopic (exact) mass is 128 g/mol. The quantitative estimate of drug-likeness (QED) is 0.429. The molecular formula is C7H12S. The molecule has 1 heteroatoms. The van der Waals surface area contributed by atoms with E-state index in [1.165, 1.54) is 5.57 Å². The molecule has 0 rings (SSSR count). The summed E-state index contributed by atoms with van der Waals surface area (Å²) in [6, 6.07) is 0. The Labute approximate surface area is 56.7 Å². The first-order chi connectivity index (χ1) is 3.72. The zero-order valence-electron chi connectivity index (χ0n) is 5.44. The lowest BCUT2D eigenvalue weighted by Gasteiger charge is -1.95. The largest absolute Gasteiger partial charge is 0.148 e. The van der Waals surface area contributed by atoms with Gasteiger partial charge >= 0.3 is 0 Å². The van der Waals surface area contributed by atoms with Gasteiger partial charge in [0.25, 0.3) is 0 Å². The maximum absolute atomic E-state index is 4.21. The van der Waals surface area contributed by atoms with E-state index in [4.69, 9.17) is 0 Å². The van der Waals surface area contributed by atoms with Crippen LogP contribution in [0.4, 0.5) is 0 Å². The third-order valence-electron chi connectivity index (χ3n) is 1.10. The van der Waals surface area contributed by atoms with E-state index in [0.717, 1.165) is 11.3 Å². The van der Waals surface area contributed by atoms with Crippen molar-refractivity contribution in [1.82, 2.24) is 0 Å². The summed E-state index contributed by atoms with van der Waals surface area (Å²) >= 11 is 4.21. The SMILES string of the molecule is C=C/C(C)=C(/S)CC. The first-order valence-electron chi connectivity index (χ1n) is 2.73. The molecule has 0 nitrogen and oxygen atoms in total. The van der Waals surface area contributed by atoms with Gasteiger partial charge in [0, 0.05) is 0 Å². The zero-order valence-corrected chi connectivity index (χ0v) is 6.33. The van der Waals surface area contributed by atoms with Crippen molar-refractivity contribution in [2.45, 2.75) is 20.3 Å². The molecule has 0 saturated carbocycles. The van der Waals surface area contributed by atoms with Gasteiger partial charge in [0.05, 0.1) is 0 Å². The highest BCUT2D eigenvalue weighted by molar-refractivity contribution is 7.84. The summed E-state index contributed by atoms with van der Waals surface area (Å²) in [5.41, 5.74) is 1.18. The molecule has 0 aromatic carbocycles. The Morgan fingerprint density at radius 2 is 2.25 bits per heavy atom. The Morgan fingerprint density at radius 1 is 1.75 bits per heavy atom. The van der Waals surface area contributed by atoms with Crippen LogP contribution in [0.2, 0.25) is 0 Å². The minimum Gasteiger partial charge on any atom is -0.148 e. The highest BCUT2D eigenvalue weighted by atomic mass is 32.1. The molecule has 0 radical (unpaired) electrons. The first kappa shape index (κ1) is 7.83. The van der Waals surface area contributed by atoms with Crippen molar-refractivity contribution in [3.8, 4) is 0 Å². The summed E-state index contributed by atoms with van der Waals surface area (Å²) in [4.78, 5) is 1.13. The topological polar surface area (TPSA) is 0 Å². The molecule has 0 aliphatic rings. The van der Waals surface area contributed by atoms with Crippen LogP contribution >= 0.6 is 12.6 Å². The molecule has 0 saturated heterocycles. The van der Waals surface area contributed by atoms with Crippen molar-refractivity contribution in [3.05, 3.63) is 23.1 Å². The average molecular weight is 128 g/mol. The number of allylic oxidation sites excluding steroid dienone is 3. The van der Waals surface area contributed by atoms with Gasteiger partial charge in [0.2, 0.25) is 0 Å². The second-order valence-corrected chi connectivity index (χ2v) is 2.23. The third kappa shape index (κ3) is 2.22. The summed E-state index contributed by atoms with van der Waals surface area (Å²) in [6.45, 7) is 7.71. The van der Waals surface area contributed by atoms with Gasteiger partial charge in [-0.1, -0.05) is 19.6 Å². The van der Waals surface area contributed by atoms with Gasteiger partial charge in [-0.2, -0.15) is 0 Å². The van der Waals surface area contributed by atoms with Crippen molar-refractivity contribution in [3.63, 3.8) is 0 Å². The lowest BCUT2D eigenvalue weighted by molar-refractivity contribution is 1.17. The second kappa shape index (κ2) is 3.79. The van der Waals surface area contributed by atoms with Gasteiger partial charge in [-0.25, -0.2) is 0 Å². The van der Waals surface area contributed by atoms with Crippen LogP contribution in [0.5, 0.6) is 0 Å². The molecule has 0 aromatic rings. The van der Waals surface area contributed by atoms with Crippen molar-refractivity contribution < 1.29 is 0 Å². The Kier molecular flexibility index (Phi) is 3.71. The van der Waals surface area contributed by atoms with Gasteiger partial charge in [0.15, 0.2) is 0 Å². The Morgan fingerprint density at radius 3 is 2.38 bits per heavy atom. The number of rotatable bonds is 2. The maximum atomic E-state index is 4.21. The number of hydrogen-bond donors (Lipinski definition) is 1. The summed E-state index contributed by atoms with van der Waals surface area (Å²) in [5, 5.41) is 0. The minimum atomic E-state index is 1.00. The lowest BCUT2D eigenvalue weighted by Crippen LogP contribution is -1.72. The molecule has 0 N–H and O–H groups in total. The third-order valence-corrected chi connectivity index (χ3v) is 1.77. The zero-order chi connectivity index (χ0) is 6.57. The van der Waals surface area contributed by atoms with Gasteiger partial charge in [0.1, 0.15) is 0 Å². The van der Waals surface area contributed by atoms with E-state index in [1.54, 1.807) is 0 Å². The van der Waals surface area contributed by atoms with Crippen molar-refractivity contribution in [2.24, 2.45) is 0 Å². The predicted molar refractivity (Wildman–Crippen MR) is 42.2 cm³/mol. The average Bonchev–Trinajstić information content (AvgIpc) is 1.84. The molecule has 0 fully saturated rings. The van der Waals surface area contributed by atoms with Crippen LogP contribution in [0.25, 0.3) is 0 Å². The van der Waals surface area contributed by atoms with Crippen LogP contribution in [0, 0.1) is 0 Å². The molecule has 0 heterocycles. The fraction of sp³-hybridized carbons (Fsp3) is 0.429. The predicted octanol–water partition coefficient (Wildman–Crippen LogP) is 2.79. The fourth-order valence-electron chi connectivity index (χ4n) is 0.397.